The van der Waals surface area contributed by atoms with Gasteiger partial charge in [0, 0.05) is 19.3 Å². The molecule has 1 atom stereocenters. The number of rotatable bonds is 42. The quantitative estimate of drug-likeness (QED) is 0.0266. The van der Waals surface area contributed by atoms with E-state index in [9.17, 15) is 14.4 Å². The van der Waals surface area contributed by atoms with E-state index in [0.29, 0.717) is 25.7 Å². The second kappa shape index (κ2) is 44.3. The standard InChI is InChI=1S/C49H88O6/c1-4-7-10-13-16-19-22-24-27-30-33-36-39-42-48(51)54-45-46(44-53-47(50)41-38-35-32-29-26-21-18-15-12-9-6-3)55-49(52)43-40-37-34-31-28-25-23-20-17-14-11-8-5-2/h9,12,18,21,29,32,46H,4-8,10-11,13-17,19-20,22-28,30-31,33-45H2,1-3H3/b12-9-,21-18-,32-29-. The van der Waals surface area contributed by atoms with Gasteiger partial charge in [-0.2, -0.15) is 0 Å². The van der Waals surface area contributed by atoms with Crippen molar-refractivity contribution in [1.29, 1.82) is 0 Å². The van der Waals surface area contributed by atoms with E-state index in [2.05, 4.69) is 57.2 Å². The number of allylic oxidation sites excluding steroid dienone is 6. The molecule has 0 aromatic heterocycles. The van der Waals surface area contributed by atoms with Gasteiger partial charge in [0.15, 0.2) is 6.10 Å². The summed E-state index contributed by atoms with van der Waals surface area (Å²) in [6.45, 7) is 6.48. The van der Waals surface area contributed by atoms with Gasteiger partial charge in [-0.3, -0.25) is 14.4 Å². The summed E-state index contributed by atoms with van der Waals surface area (Å²) < 4.78 is 16.7. The van der Waals surface area contributed by atoms with E-state index >= 15 is 0 Å². The molecule has 0 aromatic carbocycles. The number of ether oxygens (including phenoxy) is 3. The minimum Gasteiger partial charge on any atom is -0.462 e. The lowest BCUT2D eigenvalue weighted by Gasteiger charge is -2.18. The number of hydrogen-bond acceptors (Lipinski definition) is 6. The fourth-order valence-electron chi connectivity index (χ4n) is 6.64. The van der Waals surface area contributed by atoms with E-state index in [1.165, 1.54) is 128 Å². The molecular weight excluding hydrogens is 685 g/mol. The number of esters is 3. The number of hydrogen-bond donors (Lipinski definition) is 0. The van der Waals surface area contributed by atoms with Crippen LogP contribution in [-0.4, -0.2) is 37.2 Å². The monoisotopic (exact) mass is 773 g/mol. The molecule has 0 N–H and O–H groups in total. The van der Waals surface area contributed by atoms with Crippen molar-refractivity contribution in [2.24, 2.45) is 0 Å². The lowest BCUT2D eigenvalue weighted by Crippen LogP contribution is -2.30. The van der Waals surface area contributed by atoms with Crippen molar-refractivity contribution in [3.63, 3.8) is 0 Å². The molecule has 55 heavy (non-hydrogen) atoms. The highest BCUT2D eigenvalue weighted by molar-refractivity contribution is 5.71. The summed E-state index contributed by atoms with van der Waals surface area (Å²) in [5.74, 6) is -0.935. The van der Waals surface area contributed by atoms with Gasteiger partial charge in [0.1, 0.15) is 13.2 Å². The van der Waals surface area contributed by atoms with Crippen LogP contribution in [0.3, 0.4) is 0 Å². The molecule has 0 fully saturated rings. The highest BCUT2D eigenvalue weighted by Crippen LogP contribution is 2.15. The number of unbranched alkanes of at least 4 members (excludes halogenated alkanes) is 25. The maximum absolute atomic E-state index is 12.7. The zero-order chi connectivity index (χ0) is 40.1. The second-order valence-corrected chi connectivity index (χ2v) is 15.6. The Morgan fingerprint density at radius 3 is 1.11 bits per heavy atom. The zero-order valence-electron chi connectivity index (χ0n) is 36.4. The zero-order valence-corrected chi connectivity index (χ0v) is 36.4. The van der Waals surface area contributed by atoms with Gasteiger partial charge < -0.3 is 14.2 Å². The molecule has 0 radical (unpaired) electrons. The van der Waals surface area contributed by atoms with Crippen molar-refractivity contribution in [3.8, 4) is 0 Å². The van der Waals surface area contributed by atoms with Crippen LogP contribution in [0.1, 0.15) is 239 Å². The van der Waals surface area contributed by atoms with E-state index < -0.39 is 6.10 Å². The van der Waals surface area contributed by atoms with E-state index in [0.717, 1.165) is 64.2 Å². The van der Waals surface area contributed by atoms with Crippen LogP contribution in [0.4, 0.5) is 0 Å². The SMILES string of the molecule is CC/C=C\C/C=C\C/C=C\CCCC(=O)OCC(COC(=O)CCCCCCCCCCCCCCC)OC(=O)CCCCCCCCCCCCCCC. The molecule has 0 spiro atoms. The smallest absolute Gasteiger partial charge is 0.306 e. The molecule has 6 nitrogen and oxygen atoms in total. The summed E-state index contributed by atoms with van der Waals surface area (Å²) in [5.41, 5.74) is 0. The first-order chi connectivity index (χ1) is 27.0. The highest BCUT2D eigenvalue weighted by Gasteiger charge is 2.19. The van der Waals surface area contributed by atoms with Crippen molar-refractivity contribution in [2.75, 3.05) is 13.2 Å². The first kappa shape index (κ1) is 52.6. The van der Waals surface area contributed by atoms with Gasteiger partial charge in [0.2, 0.25) is 0 Å². The maximum Gasteiger partial charge on any atom is 0.306 e. The molecule has 320 valence electrons. The maximum atomic E-state index is 12.7. The van der Waals surface area contributed by atoms with E-state index in [1.807, 2.05) is 0 Å². The Morgan fingerprint density at radius 1 is 0.382 bits per heavy atom. The minimum absolute atomic E-state index is 0.0839. The lowest BCUT2D eigenvalue weighted by molar-refractivity contribution is -0.167. The summed E-state index contributed by atoms with van der Waals surface area (Å²) >= 11 is 0. The third-order valence-corrected chi connectivity index (χ3v) is 10.2. The molecular formula is C49H88O6. The third-order valence-electron chi connectivity index (χ3n) is 10.2. The predicted octanol–water partition coefficient (Wildman–Crippen LogP) is 15.0. The third kappa shape index (κ3) is 42.6. The van der Waals surface area contributed by atoms with Crippen LogP contribution in [0, 0.1) is 0 Å². The molecule has 0 rings (SSSR count). The minimum atomic E-state index is -0.784. The van der Waals surface area contributed by atoms with Crippen LogP contribution in [-0.2, 0) is 28.6 Å². The van der Waals surface area contributed by atoms with Crippen LogP contribution >= 0.6 is 0 Å². The molecule has 0 aliphatic heterocycles. The molecule has 0 aliphatic carbocycles. The first-order valence-electron chi connectivity index (χ1n) is 23.5. The average molecular weight is 773 g/mol. The summed E-state index contributed by atoms with van der Waals surface area (Å²) in [5, 5.41) is 0. The summed E-state index contributed by atoms with van der Waals surface area (Å²) in [4.78, 5) is 37.7. The normalized spacial score (nSPS) is 12.3. The Morgan fingerprint density at radius 2 is 0.709 bits per heavy atom. The van der Waals surface area contributed by atoms with Gasteiger partial charge in [-0.25, -0.2) is 0 Å². The fourth-order valence-corrected chi connectivity index (χ4v) is 6.64. The number of carbonyl (C=O) groups excluding carboxylic acids is 3. The molecule has 6 heteroatoms. The largest absolute Gasteiger partial charge is 0.462 e. The van der Waals surface area contributed by atoms with Crippen LogP contribution in [0.25, 0.3) is 0 Å². The summed E-state index contributed by atoms with van der Waals surface area (Å²) in [6.07, 6.45) is 49.9. The van der Waals surface area contributed by atoms with Crippen molar-refractivity contribution in [3.05, 3.63) is 36.5 Å². The van der Waals surface area contributed by atoms with Crippen LogP contribution in [0.2, 0.25) is 0 Å². The lowest BCUT2D eigenvalue weighted by atomic mass is 10.0. The average Bonchev–Trinajstić information content (AvgIpc) is 3.18. The van der Waals surface area contributed by atoms with Crippen LogP contribution in [0.5, 0.6) is 0 Å². The molecule has 0 heterocycles. The van der Waals surface area contributed by atoms with Gasteiger partial charge in [0.05, 0.1) is 0 Å². The van der Waals surface area contributed by atoms with Crippen molar-refractivity contribution < 1.29 is 28.6 Å². The number of carbonyl (C=O) groups is 3. The molecule has 0 aliphatic rings. The summed E-state index contributed by atoms with van der Waals surface area (Å²) in [6, 6.07) is 0. The van der Waals surface area contributed by atoms with E-state index in [-0.39, 0.29) is 31.1 Å². The second-order valence-electron chi connectivity index (χ2n) is 15.6. The molecule has 0 saturated carbocycles. The molecule has 0 aromatic rings. The van der Waals surface area contributed by atoms with Crippen molar-refractivity contribution >= 4 is 17.9 Å². The predicted molar refractivity (Wildman–Crippen MR) is 233 cm³/mol. The van der Waals surface area contributed by atoms with Gasteiger partial charge in [-0.15, -0.1) is 0 Å². The molecule has 1 unspecified atom stereocenters. The first-order valence-corrected chi connectivity index (χ1v) is 23.5. The summed E-state index contributed by atoms with van der Waals surface area (Å²) in [7, 11) is 0. The van der Waals surface area contributed by atoms with Crippen molar-refractivity contribution in [2.45, 2.75) is 245 Å². The Hall–Kier alpha value is -2.37. The van der Waals surface area contributed by atoms with Gasteiger partial charge in [0.25, 0.3) is 0 Å². The van der Waals surface area contributed by atoms with Crippen LogP contribution in [0.15, 0.2) is 36.5 Å². The Labute approximate surface area is 340 Å². The van der Waals surface area contributed by atoms with Gasteiger partial charge >= 0.3 is 17.9 Å². The molecule has 0 saturated heterocycles. The fraction of sp³-hybridized carbons (Fsp3) is 0.816. The van der Waals surface area contributed by atoms with Crippen LogP contribution < -0.4 is 0 Å². The van der Waals surface area contributed by atoms with E-state index in [4.69, 9.17) is 14.2 Å². The Balaban J connectivity index is 4.40. The Kier molecular flexibility index (Phi) is 42.4. The van der Waals surface area contributed by atoms with Crippen molar-refractivity contribution in [1.82, 2.24) is 0 Å². The highest BCUT2D eigenvalue weighted by atomic mass is 16.6. The topological polar surface area (TPSA) is 78.9 Å². The molecule has 0 bridgehead atoms. The van der Waals surface area contributed by atoms with Gasteiger partial charge in [-0.05, 0) is 44.9 Å². The van der Waals surface area contributed by atoms with Gasteiger partial charge in [-0.1, -0.05) is 211 Å². The van der Waals surface area contributed by atoms with E-state index in [1.54, 1.807) is 0 Å². The Bertz CT molecular complexity index is 938. The molecule has 0 amide bonds.